The van der Waals surface area contributed by atoms with Crippen LogP contribution in [0, 0.1) is 5.92 Å². The third kappa shape index (κ3) is 3.36. The van der Waals surface area contributed by atoms with Crippen LogP contribution in [-0.4, -0.2) is 5.97 Å². The van der Waals surface area contributed by atoms with Crippen molar-refractivity contribution in [1.82, 2.24) is 0 Å². The van der Waals surface area contributed by atoms with E-state index in [0.29, 0.717) is 0 Å². The molecule has 0 N–H and O–H groups in total. The topological polar surface area (TPSA) is 26.3 Å². The molecule has 0 radical (unpaired) electrons. The lowest BCUT2D eigenvalue weighted by atomic mass is 10.1. The minimum Gasteiger partial charge on any atom is -0.347 e. The van der Waals surface area contributed by atoms with Crippen molar-refractivity contribution in [3.8, 4) is 0 Å². The molecule has 0 bridgehead atoms. The first kappa shape index (κ1) is 8.76. The smallest absolute Gasteiger partial charge is 0.327 e. The molecule has 1 atom stereocenters. The molecule has 54 valence electrons. The van der Waals surface area contributed by atoms with Crippen LogP contribution in [0.15, 0.2) is 0 Å². The first-order chi connectivity index (χ1) is 4.22. The Kier molecular flexibility index (Phi) is 4.50. The molecule has 0 amide bonds. The molecule has 0 fully saturated rings. The Morgan fingerprint density at radius 1 is 1.78 bits per heavy atom. The minimum absolute atomic E-state index is 0.0625. The van der Waals surface area contributed by atoms with E-state index in [1.54, 1.807) is 6.92 Å². The number of halogens is 1. The molecular formula is C6H11ClO2. The zero-order chi connectivity index (χ0) is 7.28. The Morgan fingerprint density at radius 3 is 2.67 bits per heavy atom. The maximum Gasteiger partial charge on any atom is 0.327 e. The second kappa shape index (κ2) is 4.62. The van der Waals surface area contributed by atoms with Gasteiger partial charge in [0.15, 0.2) is 0 Å². The molecule has 2 nitrogen and oxygen atoms in total. The minimum atomic E-state index is -0.335. The van der Waals surface area contributed by atoms with Crippen LogP contribution < -0.4 is 0 Å². The first-order valence-corrected chi connectivity index (χ1v) is 3.35. The van der Waals surface area contributed by atoms with E-state index in [4.69, 9.17) is 11.9 Å². The molecule has 3 heteroatoms. The van der Waals surface area contributed by atoms with Gasteiger partial charge < -0.3 is 4.29 Å². The lowest BCUT2D eigenvalue weighted by molar-refractivity contribution is -0.138. The largest absolute Gasteiger partial charge is 0.347 e. The summed E-state index contributed by atoms with van der Waals surface area (Å²) in [6.07, 6.45) is 1.82. The van der Waals surface area contributed by atoms with E-state index >= 15 is 0 Å². The molecule has 0 aliphatic carbocycles. The van der Waals surface area contributed by atoms with Gasteiger partial charge in [-0.15, -0.1) is 0 Å². The fourth-order valence-corrected chi connectivity index (χ4v) is 0.779. The highest BCUT2D eigenvalue weighted by Gasteiger charge is 2.11. The average molecular weight is 151 g/mol. The van der Waals surface area contributed by atoms with Gasteiger partial charge >= 0.3 is 5.97 Å². The Hall–Kier alpha value is -0.240. The predicted octanol–water partition coefficient (Wildman–Crippen LogP) is 2.12. The van der Waals surface area contributed by atoms with Gasteiger partial charge in [0.05, 0.1) is 5.92 Å². The van der Waals surface area contributed by atoms with Gasteiger partial charge in [-0.2, -0.15) is 0 Å². The monoisotopic (exact) mass is 150 g/mol. The van der Waals surface area contributed by atoms with Gasteiger partial charge in [0.2, 0.25) is 0 Å². The lowest BCUT2D eigenvalue weighted by Crippen LogP contribution is -2.09. The summed E-state index contributed by atoms with van der Waals surface area (Å²) in [5.41, 5.74) is 0. The molecule has 0 saturated carbocycles. The third-order valence-corrected chi connectivity index (χ3v) is 1.35. The summed E-state index contributed by atoms with van der Waals surface area (Å²) in [5.74, 6) is -0.397. The summed E-state index contributed by atoms with van der Waals surface area (Å²) in [5, 5.41) is 0. The van der Waals surface area contributed by atoms with Crippen LogP contribution >= 0.6 is 11.9 Å². The van der Waals surface area contributed by atoms with Crippen molar-refractivity contribution in [2.24, 2.45) is 5.92 Å². The molecule has 0 saturated heterocycles. The zero-order valence-corrected chi connectivity index (χ0v) is 6.44. The van der Waals surface area contributed by atoms with E-state index in [-0.39, 0.29) is 11.9 Å². The van der Waals surface area contributed by atoms with Crippen LogP contribution in [-0.2, 0) is 9.08 Å². The Balaban J connectivity index is 3.45. The number of carbonyl (C=O) groups is 1. The summed E-state index contributed by atoms with van der Waals surface area (Å²) >= 11 is 4.83. The maximum absolute atomic E-state index is 10.5. The van der Waals surface area contributed by atoms with Crippen LogP contribution in [0.1, 0.15) is 26.7 Å². The van der Waals surface area contributed by atoms with Gasteiger partial charge in [-0.1, -0.05) is 20.3 Å². The van der Waals surface area contributed by atoms with Gasteiger partial charge in [-0.25, -0.2) is 0 Å². The van der Waals surface area contributed by atoms with Gasteiger partial charge in [0, 0.05) is 0 Å². The highest BCUT2D eigenvalue weighted by molar-refractivity contribution is 6.13. The normalized spacial score (nSPS) is 12.8. The molecule has 0 spiro atoms. The molecular weight excluding hydrogens is 140 g/mol. The molecule has 1 unspecified atom stereocenters. The van der Waals surface area contributed by atoms with E-state index in [1.165, 1.54) is 0 Å². The lowest BCUT2D eigenvalue weighted by Gasteiger charge is -2.02. The van der Waals surface area contributed by atoms with Gasteiger partial charge in [0.25, 0.3) is 0 Å². The van der Waals surface area contributed by atoms with E-state index in [1.807, 2.05) is 6.92 Å². The fourth-order valence-electron chi connectivity index (χ4n) is 0.627. The van der Waals surface area contributed by atoms with Gasteiger partial charge in [0.1, 0.15) is 11.9 Å². The van der Waals surface area contributed by atoms with E-state index in [2.05, 4.69) is 4.29 Å². The van der Waals surface area contributed by atoms with Crippen molar-refractivity contribution >= 4 is 17.8 Å². The Morgan fingerprint density at radius 2 is 2.33 bits per heavy atom. The van der Waals surface area contributed by atoms with E-state index < -0.39 is 0 Å². The molecule has 0 aromatic heterocycles. The number of carbonyl (C=O) groups excluding carboxylic acids is 1. The first-order valence-electron chi connectivity index (χ1n) is 3.04. The molecule has 0 aromatic rings. The molecule has 0 aliphatic rings. The van der Waals surface area contributed by atoms with Crippen LogP contribution in [0.4, 0.5) is 0 Å². The average Bonchev–Trinajstić information content (AvgIpc) is 1.87. The molecule has 0 heterocycles. The molecule has 0 rings (SSSR count). The second-order valence-corrected chi connectivity index (χ2v) is 2.24. The van der Waals surface area contributed by atoms with Crippen LogP contribution in [0.5, 0.6) is 0 Å². The summed E-state index contributed by atoms with van der Waals surface area (Å²) in [7, 11) is 0. The second-order valence-electron chi connectivity index (χ2n) is 2.09. The SMILES string of the molecule is CCCC(C)C(=O)OCl. The predicted molar refractivity (Wildman–Crippen MR) is 36.0 cm³/mol. The van der Waals surface area contributed by atoms with Gasteiger partial charge in [-0.05, 0) is 6.42 Å². The van der Waals surface area contributed by atoms with Crippen molar-refractivity contribution in [2.75, 3.05) is 0 Å². The number of rotatable bonds is 3. The fraction of sp³-hybridized carbons (Fsp3) is 0.833. The van der Waals surface area contributed by atoms with Crippen molar-refractivity contribution < 1.29 is 9.08 Å². The summed E-state index contributed by atoms with van der Waals surface area (Å²) in [6, 6.07) is 0. The Labute approximate surface area is 60.3 Å². The van der Waals surface area contributed by atoms with Crippen LogP contribution in [0.25, 0.3) is 0 Å². The highest BCUT2D eigenvalue weighted by atomic mass is 35.5. The molecule has 0 aromatic carbocycles. The Bertz CT molecular complexity index is 93.1. The van der Waals surface area contributed by atoms with Crippen LogP contribution in [0.3, 0.4) is 0 Å². The number of hydrogen-bond donors (Lipinski definition) is 0. The van der Waals surface area contributed by atoms with Crippen LogP contribution in [0.2, 0.25) is 0 Å². The van der Waals surface area contributed by atoms with E-state index in [9.17, 15) is 4.79 Å². The van der Waals surface area contributed by atoms with Crippen molar-refractivity contribution in [3.63, 3.8) is 0 Å². The zero-order valence-electron chi connectivity index (χ0n) is 5.69. The molecule has 0 aliphatic heterocycles. The van der Waals surface area contributed by atoms with E-state index in [0.717, 1.165) is 12.8 Å². The third-order valence-electron chi connectivity index (χ3n) is 1.20. The summed E-state index contributed by atoms with van der Waals surface area (Å²) < 4.78 is 4.00. The number of hydrogen-bond acceptors (Lipinski definition) is 2. The van der Waals surface area contributed by atoms with Crippen molar-refractivity contribution in [1.29, 1.82) is 0 Å². The van der Waals surface area contributed by atoms with Gasteiger partial charge in [-0.3, -0.25) is 4.79 Å². The van der Waals surface area contributed by atoms with Crippen molar-refractivity contribution in [2.45, 2.75) is 26.7 Å². The summed E-state index contributed by atoms with van der Waals surface area (Å²) in [6.45, 7) is 3.81. The molecule has 9 heavy (non-hydrogen) atoms. The van der Waals surface area contributed by atoms with Crippen molar-refractivity contribution in [3.05, 3.63) is 0 Å². The highest BCUT2D eigenvalue weighted by Crippen LogP contribution is 2.07. The summed E-state index contributed by atoms with van der Waals surface area (Å²) in [4.78, 5) is 10.5. The maximum atomic E-state index is 10.5. The standard InChI is InChI=1S/C6H11ClO2/c1-3-4-5(2)6(8)9-7/h5H,3-4H2,1-2H3. The quantitative estimate of drug-likeness (QED) is 0.616.